The average molecular weight is 2040 g/mol. The lowest BCUT2D eigenvalue weighted by molar-refractivity contribution is -0.163. The van der Waals surface area contributed by atoms with Crippen molar-refractivity contribution in [2.24, 2.45) is 17.8 Å². The maximum Gasteiger partial charge on any atom is 0.428 e. The summed E-state index contributed by atoms with van der Waals surface area (Å²) in [4.78, 5) is 49.2. The molecule has 4 atom stereocenters. The molecule has 9 aliphatic carbocycles. The summed E-state index contributed by atoms with van der Waals surface area (Å²) >= 11 is 0. The zero-order valence-corrected chi connectivity index (χ0v) is 81.6. The van der Waals surface area contributed by atoms with Gasteiger partial charge in [-0.05, 0) is 202 Å². The van der Waals surface area contributed by atoms with Crippen molar-refractivity contribution in [1.29, 1.82) is 0 Å². The van der Waals surface area contributed by atoms with E-state index in [2.05, 4.69) is 290 Å². The predicted octanol–water partition coefficient (Wildman–Crippen LogP) is 24.7. The first kappa shape index (κ1) is 103. The number of alkyl halides is 7. The number of rotatable bonds is 25. The molecule has 28 heteroatoms. The molecular formula is C115H97F7O15S6. The molecule has 6 bridgehead atoms. The van der Waals surface area contributed by atoms with Crippen molar-refractivity contribution in [1.82, 2.24) is 0 Å². The van der Waals surface area contributed by atoms with Crippen molar-refractivity contribution >= 4 is 80.9 Å². The Labute approximate surface area is 835 Å². The second-order valence-electron chi connectivity index (χ2n) is 34.7. The molecule has 0 spiro atoms. The predicted molar refractivity (Wildman–Crippen MR) is 534 cm³/mol. The van der Waals surface area contributed by atoms with Crippen LogP contribution < -0.4 is 0 Å². The van der Waals surface area contributed by atoms with Gasteiger partial charge in [-0.25, -0.2) is 34.4 Å². The van der Waals surface area contributed by atoms with Crippen LogP contribution in [0, 0.1) is 17.8 Å². The van der Waals surface area contributed by atoms with Crippen LogP contribution in [0.1, 0.15) is 141 Å². The van der Waals surface area contributed by atoms with Gasteiger partial charge in [-0.15, -0.1) is 0 Å². The van der Waals surface area contributed by atoms with Gasteiger partial charge >= 0.3 is 33.7 Å². The fourth-order valence-corrected chi connectivity index (χ4v) is 27.0. The standard InChI is InChI=1S/C21H19F3O5S.C21H20F2O5S.C19H16F2O5S.3C18H15S/c22-18(21(23,24)30(26,27)28)9-10-29-20(25)17-11-16-12-5-1-3-7-14(12)19(17)15-8-4-2-6-13(15)16;22-21(23,29(25,26)27)10-5-11-28-20(24)18-12-17-13-6-1-3-8-15(13)19(18)16-9-4-2-7-14(16)17;20-19(21,27(23,24)25)18(22)26-10-11-9-16-12-5-1-3-7-14(12)17(11)15-8-4-2-6-13(15)16;3*1-4-10-16(11-5-1)19(17-12-6-2-7-13-17)18-14-8-3-9-15-18/h1-8,16-19H,9-11H2,(H,26,27,28);1-4,6-9,17-19H,5,10-12H2,(H,25,26,27);1-8,11,16-17H,9-10H2,(H,23,24,25);3*1-15H/q;;;3*+1/p-3. The number of carbonyl (C=O) groups is 3. The number of hydrogen-bond donors (Lipinski definition) is 0. The van der Waals surface area contributed by atoms with Crippen LogP contribution in [-0.2, 0) is 91.6 Å². The Hall–Kier alpha value is -13.0. The summed E-state index contributed by atoms with van der Waals surface area (Å²) in [6.07, 6.45) is -4.29. The lowest BCUT2D eigenvalue weighted by Gasteiger charge is -2.45. The number of halogens is 7. The minimum absolute atomic E-state index is 0.0104. The van der Waals surface area contributed by atoms with Gasteiger partial charge in [0.1, 0.15) is 0 Å². The molecule has 15 nitrogen and oxygen atoms in total. The Morgan fingerprint density at radius 2 is 0.517 bits per heavy atom. The zero-order chi connectivity index (χ0) is 101. The fraction of sp³-hybridized carbons (Fsp3) is 0.191. The van der Waals surface area contributed by atoms with Gasteiger partial charge < -0.3 is 27.9 Å². The van der Waals surface area contributed by atoms with Crippen molar-refractivity contribution in [3.8, 4) is 0 Å². The van der Waals surface area contributed by atoms with Crippen molar-refractivity contribution in [3.63, 3.8) is 0 Å². The van der Waals surface area contributed by atoms with Crippen LogP contribution in [0.3, 0.4) is 0 Å². The summed E-state index contributed by atoms with van der Waals surface area (Å²) < 4.78 is 203. The van der Waals surface area contributed by atoms with Crippen LogP contribution in [-0.4, -0.2) is 98.6 Å². The molecule has 0 amide bonds. The molecule has 0 heterocycles. The van der Waals surface area contributed by atoms with E-state index in [1.165, 1.54) is 55.2 Å². The molecule has 0 N–H and O–H groups in total. The Balaban J connectivity index is 0.000000124. The van der Waals surface area contributed by atoms with E-state index < -0.39 is 108 Å². The smallest absolute Gasteiger partial charge is 0.428 e. The van der Waals surface area contributed by atoms with E-state index in [1.54, 1.807) is 0 Å². The van der Waals surface area contributed by atoms with Gasteiger partial charge in [0.15, 0.2) is 80.6 Å². The van der Waals surface area contributed by atoms with Crippen molar-refractivity contribution in [2.45, 2.75) is 140 Å². The lowest BCUT2D eigenvalue weighted by Crippen LogP contribution is -2.41. The third-order valence-corrected chi connectivity index (χ3v) is 35.3. The molecule has 4 unspecified atom stereocenters. The van der Waals surface area contributed by atoms with Crippen molar-refractivity contribution in [3.05, 3.63) is 485 Å². The van der Waals surface area contributed by atoms with Crippen LogP contribution in [0.5, 0.6) is 0 Å². The first-order valence-electron chi connectivity index (χ1n) is 46.3. The molecule has 15 aromatic carbocycles. The topological polar surface area (TPSA) is 250 Å². The van der Waals surface area contributed by atoms with E-state index in [0.29, 0.717) is 19.3 Å². The monoisotopic (exact) mass is 2040 g/mol. The third-order valence-electron chi connectivity index (χ3n) is 26.0. The molecule has 0 fully saturated rings. The molecule has 15 aromatic rings. The van der Waals surface area contributed by atoms with E-state index >= 15 is 0 Å². The number of fused-ring (bicyclic) bond motifs is 3. The fourth-order valence-electron chi connectivity index (χ4n) is 19.6. The quantitative estimate of drug-likeness (QED) is 0.0129. The van der Waals surface area contributed by atoms with E-state index in [-0.39, 0.29) is 87.3 Å². The summed E-state index contributed by atoms with van der Waals surface area (Å²) in [5.41, 5.74) is 13.2. The summed E-state index contributed by atoms with van der Waals surface area (Å²) in [6, 6.07) is 144. The molecular weight excluding hydrogens is 1950 g/mol. The first-order valence-corrected chi connectivity index (χ1v) is 54.2. The molecule has 0 radical (unpaired) electrons. The molecule has 143 heavy (non-hydrogen) atoms. The van der Waals surface area contributed by atoms with Gasteiger partial charge in [-0.3, -0.25) is 9.59 Å². The van der Waals surface area contributed by atoms with Crippen molar-refractivity contribution < 1.29 is 98.2 Å². The van der Waals surface area contributed by atoms with E-state index in [1.807, 2.05) is 133 Å². The largest absolute Gasteiger partial charge is 0.743 e. The summed E-state index contributed by atoms with van der Waals surface area (Å²) in [5.74, 6) is -5.22. The van der Waals surface area contributed by atoms with Crippen LogP contribution >= 0.6 is 0 Å². The Kier molecular flexibility index (Phi) is 32.9. The van der Waals surface area contributed by atoms with Crippen LogP contribution in [0.25, 0.3) is 0 Å². The highest BCUT2D eigenvalue weighted by atomic mass is 32.2. The maximum atomic E-state index is 13.6. The minimum atomic E-state index is -6.15. The molecule has 0 aliphatic heterocycles. The summed E-state index contributed by atoms with van der Waals surface area (Å²) in [6.45, 7) is -1.49. The molecule has 24 rings (SSSR count). The van der Waals surface area contributed by atoms with E-state index in [0.717, 1.165) is 55.6 Å². The molecule has 9 aliphatic rings. The molecule has 0 saturated carbocycles. The summed E-state index contributed by atoms with van der Waals surface area (Å²) in [7, 11) is -18.0. The second kappa shape index (κ2) is 45.7. The van der Waals surface area contributed by atoms with Gasteiger partial charge in [0.05, 0.1) is 64.3 Å². The Morgan fingerprint density at radius 3 is 0.755 bits per heavy atom. The van der Waals surface area contributed by atoms with Gasteiger partial charge in [-0.1, -0.05) is 309 Å². The molecule has 0 saturated heterocycles. The number of carbonyl (C=O) groups excluding carboxylic acids is 3. The van der Waals surface area contributed by atoms with Gasteiger partial charge in [0, 0.05) is 54.3 Å². The van der Waals surface area contributed by atoms with Gasteiger partial charge in [-0.2, -0.15) is 26.3 Å². The zero-order valence-electron chi connectivity index (χ0n) is 76.7. The highest BCUT2D eigenvalue weighted by molar-refractivity contribution is 7.97. The van der Waals surface area contributed by atoms with Crippen LogP contribution in [0.15, 0.2) is 463 Å². The normalized spacial score (nSPS) is 18.1. The lowest BCUT2D eigenvalue weighted by atomic mass is 9.59. The number of esters is 3. The minimum Gasteiger partial charge on any atom is -0.743 e. The summed E-state index contributed by atoms with van der Waals surface area (Å²) in [5, 5.41) is -14.5. The first-order chi connectivity index (χ1) is 68.9. The highest BCUT2D eigenvalue weighted by Gasteiger charge is 2.53. The van der Waals surface area contributed by atoms with Crippen LogP contribution in [0.4, 0.5) is 30.7 Å². The molecule has 732 valence electrons. The number of ether oxygens (including phenoxy) is 3. The maximum absolute atomic E-state index is 13.6. The SMILES string of the molecule is O=C(OCC1CC2c3ccccc3C1c1ccccc12)C(F)(F)S(=O)(=O)[O-].O=C(OCCC(F)C(F)(F)S(=O)(=O)[O-])C1CC2c3ccccc3C1c1ccccc12.O=C(OCCCC(F)(F)S(=O)(=O)[O-])C1CC2c3ccccc3C1c1ccccc12.c1ccc([S+](c2ccccc2)c2ccccc2)cc1.c1ccc([S+](c2ccccc2)c2ccccc2)cc1.c1ccc([S+](c2ccccc2)c2ccccc2)cc1. The number of benzene rings is 15. The van der Waals surface area contributed by atoms with Crippen molar-refractivity contribution in [2.75, 3.05) is 19.8 Å². The third kappa shape index (κ3) is 23.3. The molecule has 0 aromatic heterocycles. The Morgan fingerprint density at radius 1 is 0.294 bits per heavy atom. The van der Waals surface area contributed by atoms with Crippen LogP contribution in [0.2, 0.25) is 0 Å². The second-order valence-corrected chi connectivity index (χ2v) is 45.1. The van der Waals surface area contributed by atoms with E-state index in [4.69, 9.17) is 9.47 Å². The highest BCUT2D eigenvalue weighted by Crippen LogP contribution is 2.59. The van der Waals surface area contributed by atoms with Gasteiger partial charge in [0.25, 0.3) is 0 Å². The Bertz CT molecular complexity index is 6530. The average Bonchev–Trinajstić information content (AvgIpc) is 0.735. The van der Waals surface area contributed by atoms with E-state index in [9.17, 15) is 84.0 Å². The number of hydrogen-bond acceptors (Lipinski definition) is 15. The van der Waals surface area contributed by atoms with Gasteiger partial charge in [0.2, 0.25) is 0 Å².